The van der Waals surface area contributed by atoms with E-state index in [9.17, 15) is 12.8 Å². The lowest BCUT2D eigenvalue weighted by molar-refractivity contribution is 0.437. The van der Waals surface area contributed by atoms with Crippen molar-refractivity contribution in [3.63, 3.8) is 0 Å². The SMILES string of the molecule is CC1CCN(c2c(S(=O)(=O)c3cccc(Cl)c3)cnc3c(F)cccc23)CC1. The van der Waals surface area contributed by atoms with Crippen LogP contribution in [0.4, 0.5) is 10.1 Å². The van der Waals surface area contributed by atoms with Gasteiger partial charge in [-0.1, -0.05) is 36.7 Å². The Morgan fingerprint density at radius 3 is 2.57 bits per heavy atom. The number of nitrogens with zero attached hydrogens (tertiary/aromatic N) is 2. The monoisotopic (exact) mass is 418 g/mol. The number of anilines is 1. The zero-order valence-corrected chi connectivity index (χ0v) is 17.0. The minimum Gasteiger partial charge on any atom is -0.370 e. The summed E-state index contributed by atoms with van der Waals surface area (Å²) >= 11 is 6.02. The van der Waals surface area contributed by atoms with Crippen LogP contribution in [0.2, 0.25) is 5.02 Å². The van der Waals surface area contributed by atoms with Crippen LogP contribution in [0.5, 0.6) is 0 Å². The van der Waals surface area contributed by atoms with Gasteiger partial charge in [0.1, 0.15) is 16.2 Å². The molecule has 7 heteroatoms. The fourth-order valence-corrected chi connectivity index (χ4v) is 5.40. The number of hydrogen-bond acceptors (Lipinski definition) is 4. The van der Waals surface area contributed by atoms with Crippen molar-refractivity contribution in [2.45, 2.75) is 29.6 Å². The van der Waals surface area contributed by atoms with Crippen molar-refractivity contribution in [1.82, 2.24) is 4.98 Å². The molecule has 2 heterocycles. The maximum atomic E-state index is 14.4. The van der Waals surface area contributed by atoms with Gasteiger partial charge in [-0.2, -0.15) is 0 Å². The second kappa shape index (κ2) is 7.33. The van der Waals surface area contributed by atoms with E-state index in [0.29, 0.717) is 22.0 Å². The lowest BCUT2D eigenvalue weighted by Gasteiger charge is -2.34. The molecule has 2 aromatic carbocycles. The molecule has 1 saturated heterocycles. The number of benzene rings is 2. The molecule has 1 aliphatic rings. The first-order chi connectivity index (χ1) is 13.4. The van der Waals surface area contributed by atoms with Crippen LogP contribution in [0, 0.1) is 11.7 Å². The van der Waals surface area contributed by atoms with Crippen molar-refractivity contribution in [3.8, 4) is 0 Å². The predicted molar refractivity (Wildman–Crippen MR) is 109 cm³/mol. The minimum absolute atomic E-state index is 0.0856. The number of fused-ring (bicyclic) bond motifs is 1. The van der Waals surface area contributed by atoms with Crippen LogP contribution in [0.15, 0.2) is 58.5 Å². The van der Waals surface area contributed by atoms with E-state index in [1.165, 1.54) is 24.4 Å². The van der Waals surface area contributed by atoms with Gasteiger partial charge in [-0.15, -0.1) is 0 Å². The van der Waals surface area contributed by atoms with E-state index in [4.69, 9.17) is 11.6 Å². The molecule has 0 bridgehead atoms. The Kier molecular flexibility index (Phi) is 5.02. The van der Waals surface area contributed by atoms with Crippen molar-refractivity contribution in [3.05, 3.63) is 59.5 Å². The molecule has 0 aliphatic carbocycles. The summed E-state index contributed by atoms with van der Waals surface area (Å²) in [6.45, 7) is 3.62. The van der Waals surface area contributed by atoms with E-state index >= 15 is 0 Å². The van der Waals surface area contributed by atoms with E-state index in [0.717, 1.165) is 25.9 Å². The molecule has 0 saturated carbocycles. The Hall–Kier alpha value is -2.18. The number of piperidine rings is 1. The van der Waals surface area contributed by atoms with Crippen molar-refractivity contribution >= 4 is 38.0 Å². The largest absolute Gasteiger partial charge is 0.370 e. The average Bonchev–Trinajstić information content (AvgIpc) is 2.68. The number of halogens is 2. The lowest BCUT2D eigenvalue weighted by atomic mass is 9.98. The number of aromatic nitrogens is 1. The Morgan fingerprint density at radius 2 is 1.86 bits per heavy atom. The smallest absolute Gasteiger partial charge is 0.210 e. The van der Waals surface area contributed by atoms with E-state index < -0.39 is 15.7 Å². The number of sulfone groups is 1. The molecule has 4 nitrogen and oxygen atoms in total. The van der Waals surface area contributed by atoms with Crippen LogP contribution >= 0.6 is 11.6 Å². The summed E-state index contributed by atoms with van der Waals surface area (Å²) < 4.78 is 41.2. The maximum absolute atomic E-state index is 14.4. The van der Waals surface area contributed by atoms with Gasteiger partial charge in [0.15, 0.2) is 0 Å². The van der Waals surface area contributed by atoms with Crippen molar-refractivity contribution in [2.24, 2.45) is 5.92 Å². The van der Waals surface area contributed by atoms with Crippen LogP contribution in [-0.4, -0.2) is 26.5 Å². The summed E-state index contributed by atoms with van der Waals surface area (Å²) in [6, 6.07) is 10.8. The highest BCUT2D eigenvalue weighted by Crippen LogP contribution is 2.38. The molecule has 0 atom stereocenters. The summed E-state index contributed by atoms with van der Waals surface area (Å²) in [6.07, 6.45) is 3.18. The highest BCUT2D eigenvalue weighted by atomic mass is 35.5. The van der Waals surface area contributed by atoms with Crippen LogP contribution in [-0.2, 0) is 9.84 Å². The summed E-state index contributed by atoms with van der Waals surface area (Å²) in [5.74, 6) is 0.116. The van der Waals surface area contributed by atoms with Gasteiger partial charge in [0.25, 0.3) is 0 Å². The van der Waals surface area contributed by atoms with Gasteiger partial charge >= 0.3 is 0 Å². The third-order valence-electron chi connectivity index (χ3n) is 5.28. The maximum Gasteiger partial charge on any atom is 0.210 e. The molecule has 0 unspecified atom stereocenters. The average molecular weight is 419 g/mol. The number of pyridine rings is 1. The first-order valence-electron chi connectivity index (χ1n) is 9.21. The van der Waals surface area contributed by atoms with Crippen LogP contribution in [0.1, 0.15) is 19.8 Å². The molecule has 1 aromatic heterocycles. The first-order valence-corrected chi connectivity index (χ1v) is 11.1. The number of para-hydroxylation sites is 1. The third kappa shape index (κ3) is 3.35. The molecular formula is C21H20ClFN2O2S. The minimum atomic E-state index is -3.87. The van der Waals surface area contributed by atoms with Gasteiger partial charge in [-0.25, -0.2) is 12.8 Å². The van der Waals surface area contributed by atoms with Gasteiger partial charge in [0.2, 0.25) is 9.84 Å². The molecular weight excluding hydrogens is 399 g/mol. The number of rotatable bonds is 3. The van der Waals surface area contributed by atoms with Crippen LogP contribution in [0.3, 0.4) is 0 Å². The summed E-state index contributed by atoms with van der Waals surface area (Å²) in [4.78, 5) is 6.38. The quantitative estimate of drug-likeness (QED) is 0.594. The zero-order valence-electron chi connectivity index (χ0n) is 15.4. The first kappa shape index (κ1) is 19.2. The highest BCUT2D eigenvalue weighted by molar-refractivity contribution is 7.91. The summed E-state index contributed by atoms with van der Waals surface area (Å²) in [7, 11) is -3.87. The standard InChI is InChI=1S/C21H20ClFN2O2S/c1-14-8-10-25(11-9-14)21-17-6-3-7-18(23)20(17)24-13-19(21)28(26,27)16-5-2-4-15(22)12-16/h2-7,12-14H,8-11H2,1H3. The fourth-order valence-electron chi connectivity index (χ4n) is 3.67. The Labute approximate surface area is 168 Å². The summed E-state index contributed by atoms with van der Waals surface area (Å²) in [5, 5.41) is 0.854. The van der Waals surface area contributed by atoms with Crippen LogP contribution in [0.25, 0.3) is 10.9 Å². The Bertz CT molecular complexity index is 1140. The Morgan fingerprint density at radius 1 is 1.14 bits per heavy atom. The molecule has 4 rings (SSSR count). The molecule has 0 amide bonds. The van der Waals surface area contributed by atoms with Crippen molar-refractivity contribution < 1.29 is 12.8 Å². The molecule has 1 fully saturated rings. The van der Waals surface area contributed by atoms with Gasteiger partial charge in [-0.05, 0) is 43.0 Å². The summed E-state index contributed by atoms with van der Waals surface area (Å²) in [5.41, 5.74) is 0.706. The molecule has 3 aromatic rings. The molecule has 28 heavy (non-hydrogen) atoms. The van der Waals surface area contributed by atoms with Gasteiger partial charge < -0.3 is 4.90 Å². The van der Waals surface area contributed by atoms with E-state index in [1.807, 2.05) is 4.90 Å². The van der Waals surface area contributed by atoms with E-state index in [2.05, 4.69) is 11.9 Å². The molecule has 1 aliphatic heterocycles. The molecule has 146 valence electrons. The third-order valence-corrected chi connectivity index (χ3v) is 7.27. The Balaban J connectivity index is 1.97. The molecule has 0 radical (unpaired) electrons. The second-order valence-electron chi connectivity index (χ2n) is 7.24. The van der Waals surface area contributed by atoms with Gasteiger partial charge in [-0.3, -0.25) is 4.98 Å². The topological polar surface area (TPSA) is 50.3 Å². The van der Waals surface area contributed by atoms with Crippen molar-refractivity contribution in [2.75, 3.05) is 18.0 Å². The zero-order chi connectivity index (χ0) is 19.9. The second-order valence-corrected chi connectivity index (χ2v) is 9.59. The fraction of sp³-hybridized carbons (Fsp3) is 0.286. The van der Waals surface area contributed by atoms with Crippen molar-refractivity contribution in [1.29, 1.82) is 0 Å². The molecule has 0 spiro atoms. The highest BCUT2D eigenvalue weighted by Gasteiger charge is 2.29. The number of hydrogen-bond donors (Lipinski definition) is 0. The lowest BCUT2D eigenvalue weighted by Crippen LogP contribution is -2.34. The van der Waals surface area contributed by atoms with E-state index in [-0.39, 0.29) is 15.3 Å². The van der Waals surface area contributed by atoms with Gasteiger partial charge in [0.05, 0.1) is 10.6 Å². The van der Waals surface area contributed by atoms with Gasteiger partial charge in [0, 0.05) is 29.7 Å². The predicted octanol–water partition coefficient (Wildman–Crippen LogP) is 5.10. The van der Waals surface area contributed by atoms with Crippen LogP contribution < -0.4 is 4.90 Å². The van der Waals surface area contributed by atoms with E-state index in [1.54, 1.807) is 24.3 Å². The molecule has 0 N–H and O–H groups in total. The normalized spacial score (nSPS) is 15.9.